The first-order chi connectivity index (χ1) is 8.98. The smallest absolute Gasteiger partial charge is 0.252 e. The summed E-state index contributed by atoms with van der Waals surface area (Å²) in [4.78, 5) is 11.0. The third kappa shape index (κ3) is 3.91. The Morgan fingerprint density at radius 2 is 1.85 bits per heavy atom. The van der Waals surface area contributed by atoms with Gasteiger partial charge >= 0.3 is 0 Å². The van der Waals surface area contributed by atoms with Gasteiger partial charge in [0.15, 0.2) is 0 Å². The number of halogens is 2. The topological polar surface area (TPSA) is 75.3 Å². The van der Waals surface area contributed by atoms with E-state index in [0.29, 0.717) is 0 Å². The van der Waals surface area contributed by atoms with Gasteiger partial charge in [-0.05, 0) is 32.9 Å². The minimum Gasteiger partial charge on any atom is -0.355 e. The molecular weight excluding hydrogens is 307 g/mol. The van der Waals surface area contributed by atoms with Gasteiger partial charge in [0.05, 0.1) is 10.6 Å². The van der Waals surface area contributed by atoms with Crippen LogP contribution in [0.25, 0.3) is 0 Å². The van der Waals surface area contributed by atoms with Gasteiger partial charge in [-0.25, -0.2) is 17.5 Å². The summed E-state index contributed by atoms with van der Waals surface area (Å²) >= 11 is 5.74. The summed E-state index contributed by atoms with van der Waals surface area (Å²) in [6.45, 7) is 4.87. The van der Waals surface area contributed by atoms with Gasteiger partial charge in [0, 0.05) is 12.6 Å². The number of hydrogen-bond donors (Lipinski definition) is 2. The van der Waals surface area contributed by atoms with Crippen LogP contribution in [0.15, 0.2) is 17.0 Å². The molecule has 0 unspecified atom stereocenters. The normalized spacial score (nSPS) is 12.3. The number of nitrogens with one attached hydrogen (secondary N) is 2. The van der Waals surface area contributed by atoms with E-state index in [-0.39, 0.29) is 10.6 Å². The molecule has 112 valence electrons. The van der Waals surface area contributed by atoms with Crippen LogP contribution >= 0.6 is 11.6 Å². The molecule has 1 rings (SSSR count). The van der Waals surface area contributed by atoms with E-state index in [0.717, 1.165) is 12.1 Å². The van der Waals surface area contributed by atoms with Crippen molar-refractivity contribution in [2.45, 2.75) is 31.2 Å². The third-order valence-electron chi connectivity index (χ3n) is 2.22. The molecule has 1 aromatic rings. The Morgan fingerprint density at radius 1 is 1.30 bits per heavy atom. The molecule has 0 aliphatic rings. The summed E-state index contributed by atoms with van der Waals surface area (Å²) in [7, 11) is -2.73. The van der Waals surface area contributed by atoms with Crippen LogP contribution in [0.5, 0.6) is 0 Å². The Kier molecular flexibility index (Phi) is 4.78. The minimum atomic E-state index is -4.09. The fourth-order valence-electron chi connectivity index (χ4n) is 1.50. The molecule has 1 aromatic carbocycles. The minimum absolute atomic E-state index is 0.107. The molecule has 0 saturated carbocycles. The van der Waals surface area contributed by atoms with Gasteiger partial charge in [-0.3, -0.25) is 4.79 Å². The van der Waals surface area contributed by atoms with E-state index < -0.39 is 32.2 Å². The van der Waals surface area contributed by atoms with Crippen molar-refractivity contribution in [3.8, 4) is 0 Å². The van der Waals surface area contributed by atoms with E-state index in [1.165, 1.54) is 7.05 Å². The maximum absolute atomic E-state index is 13.8. The second-order valence-electron chi connectivity index (χ2n) is 5.20. The Labute approximate surface area is 122 Å². The van der Waals surface area contributed by atoms with Crippen molar-refractivity contribution in [1.82, 2.24) is 10.0 Å². The van der Waals surface area contributed by atoms with Crippen LogP contribution in [0.3, 0.4) is 0 Å². The highest BCUT2D eigenvalue weighted by Gasteiger charge is 2.27. The number of rotatable bonds is 3. The second kappa shape index (κ2) is 5.67. The molecule has 0 aliphatic carbocycles. The monoisotopic (exact) mass is 322 g/mol. The Balaban J connectivity index is 3.43. The van der Waals surface area contributed by atoms with E-state index in [4.69, 9.17) is 11.6 Å². The summed E-state index contributed by atoms with van der Waals surface area (Å²) in [5.41, 5.74) is -0.886. The first-order valence-electron chi connectivity index (χ1n) is 5.73. The molecule has 1 amide bonds. The quantitative estimate of drug-likeness (QED) is 0.892. The molecule has 0 spiro atoms. The summed E-state index contributed by atoms with van der Waals surface area (Å²) in [6, 6.07) is 1.73. The summed E-state index contributed by atoms with van der Waals surface area (Å²) in [6.07, 6.45) is 0. The number of sulfonamides is 1. The van der Waals surface area contributed by atoms with Crippen molar-refractivity contribution in [2.24, 2.45) is 0 Å². The summed E-state index contributed by atoms with van der Waals surface area (Å²) < 4.78 is 40.4. The largest absolute Gasteiger partial charge is 0.355 e. The van der Waals surface area contributed by atoms with Gasteiger partial charge in [0.2, 0.25) is 10.0 Å². The highest BCUT2D eigenvalue weighted by atomic mass is 35.5. The van der Waals surface area contributed by atoms with Gasteiger partial charge in [-0.1, -0.05) is 11.6 Å². The van der Waals surface area contributed by atoms with E-state index >= 15 is 0 Å². The summed E-state index contributed by atoms with van der Waals surface area (Å²) in [5.74, 6) is -1.61. The molecule has 0 bridgehead atoms. The fraction of sp³-hybridized carbons (Fsp3) is 0.417. The Bertz CT molecular complexity index is 639. The first kappa shape index (κ1) is 16.9. The zero-order chi connectivity index (χ0) is 15.7. The molecule has 0 radical (unpaired) electrons. The van der Waals surface area contributed by atoms with Gasteiger partial charge in [-0.2, -0.15) is 0 Å². The fourth-order valence-corrected chi connectivity index (χ4v) is 3.24. The first-order valence-corrected chi connectivity index (χ1v) is 7.59. The van der Waals surface area contributed by atoms with Crippen molar-refractivity contribution in [3.05, 3.63) is 28.5 Å². The van der Waals surface area contributed by atoms with Gasteiger partial charge in [-0.15, -0.1) is 0 Å². The lowest BCUT2D eigenvalue weighted by molar-refractivity contribution is 0.0963. The highest BCUT2D eigenvalue weighted by molar-refractivity contribution is 7.89. The summed E-state index contributed by atoms with van der Waals surface area (Å²) in [5, 5.41) is 2.15. The van der Waals surface area contributed by atoms with E-state index in [1.54, 1.807) is 20.8 Å². The predicted molar refractivity (Wildman–Crippen MR) is 74.9 cm³/mol. The second-order valence-corrected chi connectivity index (χ2v) is 7.26. The maximum atomic E-state index is 13.8. The van der Waals surface area contributed by atoms with Crippen LogP contribution in [0.1, 0.15) is 31.1 Å². The van der Waals surface area contributed by atoms with Crippen LogP contribution in [0.4, 0.5) is 4.39 Å². The number of amides is 1. The molecule has 0 saturated heterocycles. The van der Waals surface area contributed by atoms with Crippen molar-refractivity contribution in [1.29, 1.82) is 0 Å². The van der Waals surface area contributed by atoms with Crippen molar-refractivity contribution < 1.29 is 17.6 Å². The molecular formula is C12H16ClFN2O3S. The Morgan fingerprint density at radius 3 is 2.30 bits per heavy atom. The molecule has 0 aliphatic heterocycles. The predicted octanol–water partition coefficient (Wildman–Crippen LogP) is 1.92. The lowest BCUT2D eigenvalue weighted by atomic mass is 10.1. The van der Waals surface area contributed by atoms with E-state index in [2.05, 4.69) is 10.0 Å². The molecule has 8 heteroatoms. The van der Waals surface area contributed by atoms with Gasteiger partial charge in [0.25, 0.3) is 5.91 Å². The van der Waals surface area contributed by atoms with Crippen LogP contribution < -0.4 is 10.0 Å². The zero-order valence-corrected chi connectivity index (χ0v) is 13.1. The molecule has 2 N–H and O–H groups in total. The molecule has 0 atom stereocenters. The van der Waals surface area contributed by atoms with Gasteiger partial charge < -0.3 is 5.32 Å². The maximum Gasteiger partial charge on any atom is 0.252 e. The van der Waals surface area contributed by atoms with Crippen LogP contribution in [0, 0.1) is 5.82 Å². The third-order valence-corrected chi connectivity index (χ3v) is 4.31. The molecule has 0 fully saturated rings. The highest BCUT2D eigenvalue weighted by Crippen LogP contribution is 2.24. The Hall–Kier alpha value is -1.18. The van der Waals surface area contributed by atoms with Crippen molar-refractivity contribution >= 4 is 27.5 Å². The van der Waals surface area contributed by atoms with Crippen molar-refractivity contribution in [3.63, 3.8) is 0 Å². The molecule has 0 aromatic heterocycles. The molecule has 0 heterocycles. The lowest BCUT2D eigenvalue weighted by Crippen LogP contribution is -2.40. The number of hydrogen-bond acceptors (Lipinski definition) is 3. The van der Waals surface area contributed by atoms with E-state index in [1.807, 2.05) is 0 Å². The van der Waals surface area contributed by atoms with E-state index in [9.17, 15) is 17.6 Å². The van der Waals surface area contributed by atoms with Crippen molar-refractivity contribution in [2.75, 3.05) is 7.05 Å². The van der Waals surface area contributed by atoms with Crippen LogP contribution in [-0.4, -0.2) is 26.9 Å². The lowest BCUT2D eigenvalue weighted by Gasteiger charge is -2.21. The standard InChI is InChI=1S/C12H16ClFN2O3S/c1-12(2,3)16-20(18,19)10-5-7(11(17)15-4)8(13)6-9(10)14/h5-6,16H,1-4H3,(H,15,17). The number of carbonyl (C=O) groups is 1. The van der Waals surface area contributed by atoms with Gasteiger partial charge in [0.1, 0.15) is 10.7 Å². The number of carbonyl (C=O) groups excluding carboxylic acids is 1. The molecule has 20 heavy (non-hydrogen) atoms. The van der Waals surface area contributed by atoms with Crippen LogP contribution in [0.2, 0.25) is 5.02 Å². The average molecular weight is 323 g/mol. The SMILES string of the molecule is CNC(=O)c1cc(S(=O)(=O)NC(C)(C)C)c(F)cc1Cl. The number of benzene rings is 1. The molecule has 5 nitrogen and oxygen atoms in total. The zero-order valence-electron chi connectivity index (χ0n) is 11.5. The average Bonchev–Trinajstić information content (AvgIpc) is 2.24. The van der Waals surface area contributed by atoms with Crippen LogP contribution in [-0.2, 0) is 10.0 Å².